The second-order valence-electron chi connectivity index (χ2n) is 5.58. The van der Waals surface area contributed by atoms with Crippen molar-refractivity contribution in [3.05, 3.63) is 65.5 Å². The van der Waals surface area contributed by atoms with Gasteiger partial charge in [-0.25, -0.2) is 17.5 Å². The van der Waals surface area contributed by atoms with Gasteiger partial charge in [0, 0.05) is 32.4 Å². The van der Waals surface area contributed by atoms with Crippen LogP contribution in [0.2, 0.25) is 0 Å². The van der Waals surface area contributed by atoms with Crippen molar-refractivity contribution in [2.45, 2.75) is 17.9 Å². The molecule has 0 atom stereocenters. The molecule has 0 heterocycles. The number of ether oxygens (including phenoxy) is 1. The maximum Gasteiger partial charge on any atom is 0.251 e. The first-order valence-electron chi connectivity index (χ1n) is 8.04. The first-order valence-corrected chi connectivity index (χ1v) is 9.52. The van der Waals surface area contributed by atoms with E-state index < -0.39 is 15.9 Å². The van der Waals surface area contributed by atoms with Crippen molar-refractivity contribution < 1.29 is 22.3 Å². The van der Waals surface area contributed by atoms with Gasteiger partial charge in [0.1, 0.15) is 5.82 Å². The number of carbonyl (C=O) groups excluding carboxylic acids is 1. The molecule has 140 valence electrons. The van der Waals surface area contributed by atoms with Crippen molar-refractivity contribution in [3.8, 4) is 0 Å². The van der Waals surface area contributed by atoms with Crippen LogP contribution in [0.5, 0.6) is 0 Å². The Balaban J connectivity index is 2.00. The van der Waals surface area contributed by atoms with Crippen LogP contribution in [0.15, 0.2) is 53.4 Å². The lowest BCUT2D eigenvalue weighted by Crippen LogP contribution is -2.26. The van der Waals surface area contributed by atoms with Crippen molar-refractivity contribution >= 4 is 15.9 Å². The van der Waals surface area contributed by atoms with Gasteiger partial charge in [-0.1, -0.05) is 18.2 Å². The van der Waals surface area contributed by atoms with Gasteiger partial charge in [0.15, 0.2) is 0 Å². The summed E-state index contributed by atoms with van der Waals surface area (Å²) in [5.74, 6) is -0.762. The second-order valence-corrected chi connectivity index (χ2v) is 7.35. The van der Waals surface area contributed by atoms with Crippen LogP contribution >= 0.6 is 0 Å². The van der Waals surface area contributed by atoms with Gasteiger partial charge >= 0.3 is 0 Å². The monoisotopic (exact) mass is 380 g/mol. The van der Waals surface area contributed by atoms with E-state index in [2.05, 4.69) is 10.0 Å². The van der Waals surface area contributed by atoms with Crippen LogP contribution in [-0.2, 0) is 21.3 Å². The normalized spacial score (nSPS) is 11.3. The smallest absolute Gasteiger partial charge is 0.251 e. The molecule has 0 bridgehead atoms. The van der Waals surface area contributed by atoms with Crippen molar-refractivity contribution in [2.75, 3.05) is 20.3 Å². The summed E-state index contributed by atoms with van der Waals surface area (Å²) in [6, 6.07) is 11.5. The Hall–Kier alpha value is -2.29. The number of amides is 1. The van der Waals surface area contributed by atoms with Gasteiger partial charge in [0.2, 0.25) is 10.0 Å². The highest BCUT2D eigenvalue weighted by atomic mass is 32.2. The van der Waals surface area contributed by atoms with Gasteiger partial charge < -0.3 is 10.1 Å². The average molecular weight is 380 g/mol. The van der Waals surface area contributed by atoms with E-state index in [1.54, 1.807) is 19.2 Å². The molecule has 0 aromatic heterocycles. The van der Waals surface area contributed by atoms with E-state index in [1.165, 1.54) is 36.4 Å². The molecule has 0 radical (unpaired) electrons. The van der Waals surface area contributed by atoms with Crippen LogP contribution < -0.4 is 10.0 Å². The van der Waals surface area contributed by atoms with Crippen LogP contribution in [0.4, 0.5) is 4.39 Å². The molecule has 1 amide bonds. The minimum atomic E-state index is -3.70. The fourth-order valence-electron chi connectivity index (χ4n) is 2.20. The third-order valence-electron chi connectivity index (χ3n) is 3.59. The number of rotatable bonds is 9. The van der Waals surface area contributed by atoms with Gasteiger partial charge in [-0.3, -0.25) is 4.79 Å². The van der Waals surface area contributed by atoms with Crippen LogP contribution in [0.3, 0.4) is 0 Å². The molecule has 0 saturated carbocycles. The molecular formula is C18H21FN2O4S. The molecule has 0 saturated heterocycles. The summed E-state index contributed by atoms with van der Waals surface area (Å²) in [6.45, 7) is 0.914. The molecule has 2 aromatic carbocycles. The summed E-state index contributed by atoms with van der Waals surface area (Å²) in [7, 11) is -2.15. The molecule has 0 aliphatic carbocycles. The Morgan fingerprint density at radius 3 is 2.58 bits per heavy atom. The predicted molar refractivity (Wildman–Crippen MR) is 95.7 cm³/mol. The summed E-state index contributed by atoms with van der Waals surface area (Å²) >= 11 is 0. The van der Waals surface area contributed by atoms with Gasteiger partial charge in [-0.05, 0) is 42.3 Å². The Labute approximate surface area is 152 Å². The largest absolute Gasteiger partial charge is 0.385 e. The molecule has 2 N–H and O–H groups in total. The van der Waals surface area contributed by atoms with E-state index in [9.17, 15) is 17.6 Å². The highest BCUT2D eigenvalue weighted by Crippen LogP contribution is 2.12. The summed E-state index contributed by atoms with van der Waals surface area (Å²) in [4.78, 5) is 12.3. The maximum atomic E-state index is 12.9. The molecule has 0 spiro atoms. The third-order valence-corrected chi connectivity index (χ3v) is 5.05. The highest BCUT2D eigenvalue weighted by molar-refractivity contribution is 7.89. The summed E-state index contributed by atoms with van der Waals surface area (Å²) in [5, 5.41) is 2.68. The average Bonchev–Trinajstić information content (AvgIpc) is 2.64. The van der Waals surface area contributed by atoms with E-state index in [0.29, 0.717) is 13.0 Å². The number of methoxy groups -OCH3 is 1. The highest BCUT2D eigenvalue weighted by Gasteiger charge is 2.15. The topological polar surface area (TPSA) is 84.5 Å². The Morgan fingerprint density at radius 2 is 1.88 bits per heavy atom. The third kappa shape index (κ3) is 5.91. The van der Waals surface area contributed by atoms with E-state index in [0.717, 1.165) is 5.56 Å². The zero-order valence-electron chi connectivity index (χ0n) is 14.4. The Morgan fingerprint density at radius 1 is 1.15 bits per heavy atom. The molecule has 26 heavy (non-hydrogen) atoms. The predicted octanol–water partition coefficient (Wildman–Crippen LogP) is 2.07. The second kappa shape index (κ2) is 9.42. The minimum Gasteiger partial charge on any atom is -0.385 e. The molecule has 2 rings (SSSR count). The van der Waals surface area contributed by atoms with Crippen molar-refractivity contribution in [2.24, 2.45) is 0 Å². The Bertz CT molecular complexity index is 839. The fraction of sp³-hybridized carbons (Fsp3) is 0.278. The minimum absolute atomic E-state index is 0.0179. The zero-order valence-corrected chi connectivity index (χ0v) is 15.2. The summed E-state index contributed by atoms with van der Waals surface area (Å²) < 4.78 is 44.7. The van der Waals surface area contributed by atoms with E-state index >= 15 is 0 Å². The number of nitrogens with one attached hydrogen (secondary N) is 2. The molecule has 2 aromatic rings. The van der Waals surface area contributed by atoms with Gasteiger partial charge in [-0.15, -0.1) is 0 Å². The van der Waals surface area contributed by atoms with Crippen molar-refractivity contribution in [3.63, 3.8) is 0 Å². The molecule has 8 heteroatoms. The van der Waals surface area contributed by atoms with Gasteiger partial charge in [-0.2, -0.15) is 0 Å². The molecule has 0 aliphatic heterocycles. The number of halogens is 1. The lowest BCUT2D eigenvalue weighted by atomic mass is 10.2. The maximum absolute atomic E-state index is 12.9. The van der Waals surface area contributed by atoms with Gasteiger partial charge in [0.25, 0.3) is 5.91 Å². The SMILES string of the molecule is COCCCNS(=O)(=O)c1cccc(C(=O)NCc2ccc(F)cc2)c1. The summed E-state index contributed by atoms with van der Waals surface area (Å²) in [6.07, 6.45) is 0.549. The number of sulfonamides is 1. The van der Waals surface area contributed by atoms with Crippen LogP contribution in [0.1, 0.15) is 22.3 Å². The molecular weight excluding hydrogens is 359 g/mol. The number of benzene rings is 2. The first-order chi connectivity index (χ1) is 12.4. The number of carbonyl (C=O) groups is 1. The molecule has 0 unspecified atom stereocenters. The number of hydrogen-bond acceptors (Lipinski definition) is 4. The molecule has 0 fully saturated rings. The first kappa shape index (κ1) is 20.0. The van der Waals surface area contributed by atoms with Crippen molar-refractivity contribution in [1.82, 2.24) is 10.0 Å². The molecule has 6 nitrogen and oxygen atoms in total. The van der Waals surface area contributed by atoms with Crippen LogP contribution in [-0.4, -0.2) is 34.6 Å². The molecule has 0 aliphatic rings. The fourth-order valence-corrected chi connectivity index (χ4v) is 3.32. The van der Waals surface area contributed by atoms with E-state index in [4.69, 9.17) is 4.74 Å². The standard InChI is InChI=1S/C18H21FN2O4S/c1-25-11-3-10-21-26(23,24)17-5-2-4-15(12-17)18(22)20-13-14-6-8-16(19)9-7-14/h2,4-9,12,21H,3,10-11,13H2,1H3,(H,20,22). The van der Waals surface area contributed by atoms with Crippen molar-refractivity contribution in [1.29, 1.82) is 0 Å². The van der Waals surface area contributed by atoms with Gasteiger partial charge in [0.05, 0.1) is 4.90 Å². The van der Waals surface area contributed by atoms with E-state index in [1.807, 2.05) is 0 Å². The van der Waals surface area contributed by atoms with E-state index in [-0.39, 0.29) is 29.4 Å². The number of hydrogen-bond donors (Lipinski definition) is 2. The lowest BCUT2D eigenvalue weighted by Gasteiger charge is -2.09. The summed E-state index contributed by atoms with van der Waals surface area (Å²) in [5.41, 5.74) is 0.968. The Kier molecular flexibility index (Phi) is 7.26. The van der Waals surface area contributed by atoms with Crippen LogP contribution in [0.25, 0.3) is 0 Å². The zero-order chi connectivity index (χ0) is 19.0. The quantitative estimate of drug-likeness (QED) is 0.653. The van der Waals surface area contributed by atoms with Crippen LogP contribution in [0, 0.1) is 5.82 Å². The lowest BCUT2D eigenvalue weighted by molar-refractivity contribution is 0.0950.